The Balaban J connectivity index is 1.76. The molecule has 0 unspecified atom stereocenters. The van der Waals surface area contributed by atoms with Gasteiger partial charge >= 0.3 is 0 Å². The highest BCUT2D eigenvalue weighted by atomic mass is 35.5. The molecule has 1 saturated heterocycles. The number of rotatable bonds is 5. The van der Waals surface area contributed by atoms with E-state index in [0.717, 1.165) is 28.5 Å². The molecule has 2 heterocycles. The molecule has 3 aromatic rings. The number of aliphatic hydroxyl groups excluding tert-OH is 4. The molecular weight excluding hydrogens is 406 g/mol. The predicted octanol–water partition coefficient (Wildman–Crippen LogP) is 2.42. The summed E-state index contributed by atoms with van der Waals surface area (Å²) in [5.41, 5.74) is 4.09. The van der Waals surface area contributed by atoms with Gasteiger partial charge in [-0.05, 0) is 41.7 Å². The highest BCUT2D eigenvalue weighted by molar-refractivity contribution is 6.35. The minimum Gasteiger partial charge on any atom is -0.394 e. The summed E-state index contributed by atoms with van der Waals surface area (Å²) in [7, 11) is 0. The lowest BCUT2D eigenvalue weighted by Crippen LogP contribution is -2.56. The molecule has 0 spiro atoms. The second-order valence-electron chi connectivity index (χ2n) is 7.76. The number of aryl methyl sites for hydroxylation is 1. The van der Waals surface area contributed by atoms with Crippen molar-refractivity contribution in [3.05, 3.63) is 70.4 Å². The van der Waals surface area contributed by atoms with Gasteiger partial charge < -0.3 is 29.7 Å². The Bertz CT molecular complexity index is 1020. The first-order valence-electron chi connectivity index (χ1n) is 10.1. The van der Waals surface area contributed by atoms with Crippen LogP contribution >= 0.6 is 11.6 Å². The van der Waals surface area contributed by atoms with Gasteiger partial charge in [0.2, 0.25) is 0 Å². The normalized spacial score (nSPS) is 26.9. The Morgan fingerprint density at radius 3 is 2.33 bits per heavy atom. The monoisotopic (exact) mass is 431 g/mol. The molecule has 0 amide bonds. The van der Waals surface area contributed by atoms with Gasteiger partial charge in [-0.15, -0.1) is 0 Å². The molecule has 5 atom stereocenters. The largest absolute Gasteiger partial charge is 0.394 e. The second-order valence-corrected chi connectivity index (χ2v) is 8.17. The van der Waals surface area contributed by atoms with Crippen LogP contribution in [-0.2, 0) is 17.6 Å². The van der Waals surface area contributed by atoms with Crippen molar-refractivity contribution in [3.63, 3.8) is 0 Å². The fraction of sp³-hybridized carbons (Fsp3) is 0.391. The lowest BCUT2D eigenvalue weighted by atomic mass is 9.98. The third-order valence-corrected chi connectivity index (χ3v) is 6.17. The van der Waals surface area contributed by atoms with Crippen LogP contribution in [0.1, 0.15) is 29.8 Å². The molecule has 160 valence electrons. The molecule has 0 saturated carbocycles. The summed E-state index contributed by atoms with van der Waals surface area (Å²) in [6.07, 6.45) is -2.69. The quantitative estimate of drug-likeness (QED) is 0.497. The van der Waals surface area contributed by atoms with Crippen molar-refractivity contribution in [1.82, 2.24) is 4.57 Å². The van der Waals surface area contributed by atoms with Gasteiger partial charge in [-0.3, -0.25) is 0 Å². The maximum Gasteiger partial charge on any atom is 0.163 e. The average Bonchev–Trinajstić information content (AvgIpc) is 3.12. The number of fused-ring (bicyclic) bond motifs is 1. The molecule has 1 fully saturated rings. The summed E-state index contributed by atoms with van der Waals surface area (Å²) in [5.74, 6) is 0. The van der Waals surface area contributed by atoms with Gasteiger partial charge in [-0.1, -0.05) is 48.9 Å². The van der Waals surface area contributed by atoms with Crippen LogP contribution in [-0.4, -0.2) is 56.0 Å². The van der Waals surface area contributed by atoms with Crippen molar-refractivity contribution >= 4 is 22.5 Å². The van der Waals surface area contributed by atoms with Crippen LogP contribution in [0.4, 0.5) is 0 Å². The average molecular weight is 432 g/mol. The van der Waals surface area contributed by atoms with Crippen LogP contribution in [0, 0.1) is 0 Å². The maximum atomic E-state index is 10.6. The zero-order valence-corrected chi connectivity index (χ0v) is 17.4. The van der Waals surface area contributed by atoms with Gasteiger partial charge in [0.1, 0.15) is 24.4 Å². The molecule has 4 rings (SSSR count). The molecule has 7 heteroatoms. The number of nitrogens with zero attached hydrogens (tertiary/aromatic N) is 1. The number of aromatic nitrogens is 1. The molecule has 1 aliphatic rings. The fourth-order valence-corrected chi connectivity index (χ4v) is 4.41. The molecule has 1 aromatic heterocycles. The van der Waals surface area contributed by atoms with Gasteiger partial charge in [0.25, 0.3) is 0 Å². The molecule has 0 bridgehead atoms. The number of hydrogen-bond acceptors (Lipinski definition) is 5. The maximum absolute atomic E-state index is 10.6. The van der Waals surface area contributed by atoms with Gasteiger partial charge in [0.15, 0.2) is 6.23 Å². The second kappa shape index (κ2) is 8.67. The first-order valence-corrected chi connectivity index (χ1v) is 10.5. The van der Waals surface area contributed by atoms with Gasteiger partial charge in [-0.25, -0.2) is 0 Å². The zero-order chi connectivity index (χ0) is 21.4. The van der Waals surface area contributed by atoms with E-state index in [-0.39, 0.29) is 0 Å². The Hall–Kier alpha value is -1.93. The lowest BCUT2D eigenvalue weighted by molar-refractivity contribution is -0.250. The van der Waals surface area contributed by atoms with E-state index >= 15 is 0 Å². The van der Waals surface area contributed by atoms with Crippen LogP contribution in [0.15, 0.2) is 48.7 Å². The summed E-state index contributed by atoms with van der Waals surface area (Å²) in [6.45, 7) is 1.64. The third-order valence-electron chi connectivity index (χ3n) is 5.85. The van der Waals surface area contributed by atoms with E-state index in [2.05, 4.69) is 31.2 Å². The number of benzene rings is 2. The molecular formula is C23H26ClNO5. The molecule has 1 aliphatic heterocycles. The molecule has 30 heavy (non-hydrogen) atoms. The fourth-order valence-electron chi connectivity index (χ4n) is 4.12. The number of ether oxygens (including phenoxy) is 1. The topological polar surface area (TPSA) is 95.1 Å². The summed E-state index contributed by atoms with van der Waals surface area (Å²) in [4.78, 5) is 0. The van der Waals surface area contributed by atoms with Crippen LogP contribution in [0.5, 0.6) is 0 Å². The van der Waals surface area contributed by atoms with E-state index in [1.54, 1.807) is 4.57 Å². The van der Waals surface area contributed by atoms with E-state index in [1.807, 2.05) is 24.4 Å². The molecule has 0 radical (unpaired) electrons. The van der Waals surface area contributed by atoms with Gasteiger partial charge in [-0.2, -0.15) is 0 Å². The summed E-state index contributed by atoms with van der Waals surface area (Å²) >= 11 is 6.53. The third kappa shape index (κ3) is 3.75. The van der Waals surface area contributed by atoms with Crippen molar-refractivity contribution in [1.29, 1.82) is 0 Å². The predicted molar refractivity (Wildman–Crippen MR) is 115 cm³/mol. The minimum atomic E-state index is -1.44. The molecule has 4 N–H and O–H groups in total. The SMILES string of the molecule is CCc1ccc(Cc2cn([C@@H]3O[C@H](CO)[C@@H](O)[C@H](O)[C@H]3O)c3cccc(Cl)c23)cc1. The summed E-state index contributed by atoms with van der Waals surface area (Å²) < 4.78 is 7.49. The smallest absolute Gasteiger partial charge is 0.163 e. The van der Waals surface area contributed by atoms with E-state index in [9.17, 15) is 20.4 Å². The Kier molecular flexibility index (Phi) is 6.16. The van der Waals surface area contributed by atoms with E-state index in [4.69, 9.17) is 16.3 Å². The Morgan fingerprint density at radius 2 is 1.67 bits per heavy atom. The number of aliphatic hydroxyl groups is 4. The zero-order valence-electron chi connectivity index (χ0n) is 16.6. The van der Waals surface area contributed by atoms with E-state index < -0.39 is 37.3 Å². The highest BCUT2D eigenvalue weighted by Crippen LogP contribution is 2.36. The van der Waals surface area contributed by atoms with E-state index in [0.29, 0.717) is 11.4 Å². The number of hydrogen-bond donors (Lipinski definition) is 4. The lowest BCUT2D eigenvalue weighted by Gasteiger charge is -2.40. The molecule has 0 aliphatic carbocycles. The summed E-state index contributed by atoms with van der Waals surface area (Å²) in [5, 5.41) is 41.8. The minimum absolute atomic E-state index is 0.474. The summed E-state index contributed by atoms with van der Waals surface area (Å²) in [6, 6.07) is 13.9. The van der Waals surface area contributed by atoms with Crippen LogP contribution in [0.3, 0.4) is 0 Å². The van der Waals surface area contributed by atoms with Crippen molar-refractivity contribution < 1.29 is 25.2 Å². The standard InChI is InChI=1S/C23H26ClNO5/c1-2-13-6-8-14(9-7-13)10-15-11-25(17-5-3-4-16(24)19(15)17)23-22(29)21(28)20(27)18(12-26)30-23/h3-9,11,18,20-23,26-29H,2,10,12H2,1H3/t18-,20-,21+,22-,23-/m1/s1. The Labute approximate surface area is 179 Å². The van der Waals surface area contributed by atoms with E-state index in [1.165, 1.54) is 5.56 Å². The van der Waals surface area contributed by atoms with Crippen molar-refractivity contribution in [2.45, 2.75) is 50.4 Å². The van der Waals surface area contributed by atoms with Crippen molar-refractivity contribution in [3.8, 4) is 0 Å². The van der Waals surface area contributed by atoms with Crippen molar-refractivity contribution in [2.75, 3.05) is 6.61 Å². The van der Waals surface area contributed by atoms with Crippen LogP contribution in [0.2, 0.25) is 5.02 Å². The van der Waals surface area contributed by atoms with Crippen LogP contribution < -0.4 is 0 Å². The Morgan fingerprint density at radius 1 is 0.967 bits per heavy atom. The van der Waals surface area contributed by atoms with Gasteiger partial charge in [0.05, 0.1) is 17.1 Å². The molecule has 2 aromatic carbocycles. The van der Waals surface area contributed by atoms with Crippen molar-refractivity contribution in [2.24, 2.45) is 0 Å². The first-order chi connectivity index (χ1) is 14.4. The van der Waals surface area contributed by atoms with Crippen LogP contribution in [0.25, 0.3) is 10.9 Å². The number of halogens is 1. The highest BCUT2D eigenvalue weighted by Gasteiger charge is 2.44. The van der Waals surface area contributed by atoms with Gasteiger partial charge in [0, 0.05) is 11.6 Å². The first kappa shape index (κ1) is 21.3. The molecule has 6 nitrogen and oxygen atoms in total.